The highest BCUT2D eigenvalue weighted by atomic mass is 32.2. The predicted octanol–water partition coefficient (Wildman–Crippen LogP) is 1.94. The molecule has 14 heteroatoms. The molecule has 0 aliphatic heterocycles. The smallest absolute Gasteiger partial charge is 0.287 e. The van der Waals surface area contributed by atoms with Gasteiger partial charge in [-0.2, -0.15) is 27.0 Å². The van der Waals surface area contributed by atoms with E-state index >= 15 is 0 Å². The van der Waals surface area contributed by atoms with Gasteiger partial charge in [0.15, 0.2) is 5.36 Å². The summed E-state index contributed by atoms with van der Waals surface area (Å²) in [6.45, 7) is 0. The Bertz CT molecular complexity index is 2280. The molecule has 0 heterocycles. The Hall–Kier alpha value is -4.76. The molecule has 0 spiro atoms. The normalized spacial score (nSPS) is 13.2. The van der Waals surface area contributed by atoms with Crippen LogP contribution < -0.4 is 32.4 Å². The Morgan fingerprint density at radius 1 is 0.550 bits per heavy atom. The summed E-state index contributed by atoms with van der Waals surface area (Å²) >= 11 is 0. The molecule has 202 valence electrons. The fourth-order valence-corrected chi connectivity index (χ4v) is 5.55. The lowest BCUT2D eigenvalue weighted by Crippen LogP contribution is -2.47. The van der Waals surface area contributed by atoms with E-state index in [0.717, 1.165) is 6.07 Å². The van der Waals surface area contributed by atoms with Gasteiger partial charge in [-0.3, -0.25) is 29.5 Å². The lowest BCUT2D eigenvalue weighted by Gasteiger charge is -2.09. The predicted molar refractivity (Wildman–Crippen MR) is 147 cm³/mol. The van der Waals surface area contributed by atoms with Crippen LogP contribution in [0.4, 0.5) is 11.4 Å². The maximum atomic E-state index is 13.0. The van der Waals surface area contributed by atoms with Crippen molar-refractivity contribution < 1.29 is 25.9 Å². The summed E-state index contributed by atoms with van der Waals surface area (Å²) in [5.41, 5.74) is 4.40. The van der Waals surface area contributed by atoms with Crippen molar-refractivity contribution in [2.45, 2.75) is 9.79 Å². The number of hydrogen-bond acceptors (Lipinski definition) is 10. The summed E-state index contributed by atoms with van der Waals surface area (Å²) in [5, 5.41) is 8.56. The Labute approximate surface area is 225 Å². The molecule has 40 heavy (non-hydrogen) atoms. The van der Waals surface area contributed by atoms with Crippen molar-refractivity contribution in [3.63, 3.8) is 0 Å². The second-order valence-electron chi connectivity index (χ2n) is 8.47. The Morgan fingerprint density at radius 3 is 1.48 bits per heavy atom. The highest BCUT2D eigenvalue weighted by Crippen LogP contribution is 2.30. The van der Waals surface area contributed by atoms with Gasteiger partial charge < -0.3 is 0 Å². The van der Waals surface area contributed by atoms with Crippen molar-refractivity contribution in [3.05, 3.63) is 116 Å². The van der Waals surface area contributed by atoms with E-state index in [1.54, 1.807) is 36.4 Å². The molecule has 0 bridgehead atoms. The lowest BCUT2D eigenvalue weighted by atomic mass is 10.1. The first-order chi connectivity index (χ1) is 18.9. The van der Waals surface area contributed by atoms with Crippen molar-refractivity contribution in [2.24, 2.45) is 10.2 Å². The van der Waals surface area contributed by atoms with Gasteiger partial charge in [0.25, 0.3) is 20.2 Å². The molecule has 0 saturated heterocycles. The molecular formula is C26H18N4O8S2. The number of fused-ring (bicyclic) bond motifs is 2. The summed E-state index contributed by atoms with van der Waals surface area (Å²) < 4.78 is 66.0. The van der Waals surface area contributed by atoms with Crippen LogP contribution in [0.3, 0.4) is 0 Å². The van der Waals surface area contributed by atoms with E-state index in [2.05, 4.69) is 21.1 Å². The zero-order chi connectivity index (χ0) is 28.7. The van der Waals surface area contributed by atoms with Crippen LogP contribution in [0.5, 0.6) is 0 Å². The first-order valence-corrected chi connectivity index (χ1v) is 14.3. The summed E-state index contributed by atoms with van der Waals surface area (Å²) in [6.07, 6.45) is 0. The summed E-state index contributed by atoms with van der Waals surface area (Å²) in [4.78, 5) is 24.9. The minimum Gasteiger partial charge on any atom is -0.287 e. The highest BCUT2D eigenvalue weighted by molar-refractivity contribution is 7.86. The van der Waals surface area contributed by atoms with Gasteiger partial charge in [0.2, 0.25) is 10.9 Å². The average molecular weight is 579 g/mol. The summed E-state index contributed by atoms with van der Waals surface area (Å²) in [5.74, 6) is 0. The molecule has 0 atom stereocenters. The second kappa shape index (κ2) is 10.1. The van der Waals surface area contributed by atoms with Crippen molar-refractivity contribution in [1.82, 2.24) is 0 Å². The molecule has 0 aromatic heterocycles. The lowest BCUT2D eigenvalue weighted by molar-refractivity contribution is 0.482. The van der Waals surface area contributed by atoms with Crippen LogP contribution in [0, 0.1) is 0 Å². The fraction of sp³-hybridized carbons (Fsp3) is 0. The number of anilines is 2. The molecule has 5 aromatic carbocycles. The van der Waals surface area contributed by atoms with Gasteiger partial charge in [0.1, 0.15) is 15.1 Å². The Morgan fingerprint density at radius 2 is 1.00 bits per heavy atom. The molecule has 0 radical (unpaired) electrons. The van der Waals surface area contributed by atoms with Crippen LogP contribution in [0.2, 0.25) is 0 Å². The van der Waals surface area contributed by atoms with Crippen LogP contribution in [-0.4, -0.2) is 25.9 Å². The van der Waals surface area contributed by atoms with Gasteiger partial charge in [-0.05, 0) is 36.4 Å². The highest BCUT2D eigenvalue weighted by Gasteiger charge is 2.17. The molecule has 12 nitrogen and oxygen atoms in total. The third kappa shape index (κ3) is 5.11. The zero-order valence-electron chi connectivity index (χ0n) is 20.1. The number of hydrogen-bond donors (Lipinski definition) is 4. The number of nitrogens with zero attached hydrogens (tertiary/aromatic N) is 2. The van der Waals surface area contributed by atoms with Crippen LogP contribution in [0.25, 0.3) is 21.5 Å². The third-order valence-electron chi connectivity index (χ3n) is 5.98. The molecule has 0 aliphatic rings. The molecule has 0 unspecified atom stereocenters. The minimum absolute atomic E-state index is 0.172. The first-order valence-electron chi connectivity index (χ1n) is 11.4. The van der Waals surface area contributed by atoms with Gasteiger partial charge in [-0.15, -0.1) is 0 Å². The molecule has 0 amide bonds. The second-order valence-corrected chi connectivity index (χ2v) is 11.3. The number of nitrogens with one attached hydrogen (secondary N) is 2. The summed E-state index contributed by atoms with van der Waals surface area (Å²) in [6, 6.07) is 20.0. The van der Waals surface area contributed by atoms with Crippen molar-refractivity contribution >= 4 is 53.2 Å². The minimum atomic E-state index is -4.51. The van der Waals surface area contributed by atoms with E-state index in [1.165, 1.54) is 42.5 Å². The van der Waals surface area contributed by atoms with E-state index in [0.29, 0.717) is 16.5 Å². The molecule has 0 aliphatic carbocycles. The Kier molecular flexibility index (Phi) is 6.77. The molecule has 4 N–H and O–H groups in total. The molecule has 5 rings (SSSR count). The largest absolute Gasteiger partial charge is 0.295 e. The van der Waals surface area contributed by atoms with Crippen LogP contribution in [0.1, 0.15) is 0 Å². The van der Waals surface area contributed by atoms with E-state index in [-0.39, 0.29) is 31.6 Å². The van der Waals surface area contributed by atoms with Crippen molar-refractivity contribution in [1.29, 1.82) is 0 Å². The maximum Gasteiger partial charge on any atom is 0.295 e. The quantitative estimate of drug-likeness (QED) is 0.171. The van der Waals surface area contributed by atoms with Crippen LogP contribution in [-0.2, 0) is 20.2 Å². The van der Waals surface area contributed by atoms with Crippen LogP contribution >= 0.6 is 0 Å². The van der Waals surface area contributed by atoms with Crippen molar-refractivity contribution in [3.8, 4) is 0 Å². The van der Waals surface area contributed by atoms with E-state index < -0.39 is 36.5 Å². The molecule has 0 saturated carbocycles. The third-order valence-corrected chi connectivity index (χ3v) is 7.81. The van der Waals surface area contributed by atoms with E-state index in [4.69, 9.17) is 0 Å². The maximum absolute atomic E-state index is 13.0. The SMILES string of the molecule is O=c1cc/c(=N\Nc2ccc(S(=O)(=O)O)c3ccccc23)c(=O)/c1=N\Nc1ccc(S(=O)(=O)O)c2ccccc12. The number of rotatable bonds is 6. The molecular weight excluding hydrogens is 560 g/mol. The average Bonchev–Trinajstić information content (AvgIpc) is 2.91. The first kappa shape index (κ1) is 26.8. The topological polar surface area (TPSA) is 192 Å². The van der Waals surface area contributed by atoms with Crippen LogP contribution in [0.15, 0.2) is 115 Å². The van der Waals surface area contributed by atoms with Gasteiger partial charge in [-0.1, -0.05) is 48.5 Å². The standard InChI is InChI=1S/C26H18N4O8S2/c31-22-12-9-21(29-27-19-10-13-23(39(33,34)35)17-7-3-1-5-15(17)19)26(32)25(22)30-28-20-11-14-24(40(36,37)38)18-8-4-2-6-16(18)20/h1-14,27-28H,(H,33,34,35)(H,36,37,38)/b29-21+,30-25-. The van der Waals surface area contributed by atoms with E-state index in [9.17, 15) is 35.5 Å². The van der Waals surface area contributed by atoms with Gasteiger partial charge in [-0.25, -0.2) is 0 Å². The van der Waals surface area contributed by atoms with Gasteiger partial charge >= 0.3 is 0 Å². The molecule has 5 aromatic rings. The monoisotopic (exact) mass is 578 g/mol. The summed E-state index contributed by atoms with van der Waals surface area (Å²) in [7, 11) is -8.99. The zero-order valence-corrected chi connectivity index (χ0v) is 21.8. The molecule has 0 fully saturated rings. The number of benzene rings is 5. The Balaban J connectivity index is 1.56. The van der Waals surface area contributed by atoms with E-state index in [1.807, 2.05) is 0 Å². The fourth-order valence-electron chi connectivity index (χ4n) is 4.16. The van der Waals surface area contributed by atoms with Gasteiger partial charge in [0, 0.05) is 21.5 Å². The van der Waals surface area contributed by atoms with Gasteiger partial charge in [0.05, 0.1) is 11.4 Å². The van der Waals surface area contributed by atoms with Crippen molar-refractivity contribution in [2.75, 3.05) is 10.9 Å².